The zero-order chi connectivity index (χ0) is 10.8. The molecule has 0 rings (SSSR count). The average Bonchev–Trinajstić information content (AvgIpc) is 2.21. The number of methoxy groups -OCH3 is 1. The molecule has 0 bridgehead atoms. The van der Waals surface area contributed by atoms with Gasteiger partial charge in [-0.25, -0.2) is 4.79 Å². The maximum Gasteiger partial charge on any atom is 0.508 e. The van der Waals surface area contributed by atoms with Gasteiger partial charge in [-0.1, -0.05) is 0 Å². The first-order valence-corrected chi connectivity index (χ1v) is 4.64. The summed E-state index contributed by atoms with van der Waals surface area (Å²) >= 11 is 0. The third-order valence-corrected chi connectivity index (χ3v) is 1.45. The van der Waals surface area contributed by atoms with Crippen LogP contribution < -0.4 is 0 Å². The molecule has 0 atom stereocenters. The summed E-state index contributed by atoms with van der Waals surface area (Å²) < 4.78 is 19.5. The highest BCUT2D eigenvalue weighted by molar-refractivity contribution is 5.59. The van der Waals surface area contributed by atoms with Gasteiger partial charge in [0.25, 0.3) is 0 Å². The van der Waals surface area contributed by atoms with E-state index in [1.54, 1.807) is 0 Å². The summed E-state index contributed by atoms with van der Waals surface area (Å²) in [4.78, 5) is 10.8. The topological polar surface area (TPSA) is 54.0 Å². The van der Waals surface area contributed by atoms with E-state index in [9.17, 15) is 4.79 Å². The summed E-state index contributed by atoms with van der Waals surface area (Å²) in [5.41, 5.74) is 0. The van der Waals surface area contributed by atoms with Crippen LogP contribution in [-0.4, -0.2) is 45.8 Å². The number of carbonyl (C=O) groups excluding carboxylic acids is 1. The minimum absolute atomic E-state index is 0.325. The van der Waals surface area contributed by atoms with Crippen molar-refractivity contribution in [3.63, 3.8) is 0 Å². The van der Waals surface area contributed by atoms with Crippen LogP contribution in [0.4, 0.5) is 4.79 Å². The van der Waals surface area contributed by atoms with E-state index in [1.165, 1.54) is 7.11 Å². The van der Waals surface area contributed by atoms with Gasteiger partial charge in [-0.05, 0) is 13.8 Å². The first kappa shape index (κ1) is 13.2. The average molecular weight is 206 g/mol. The monoisotopic (exact) mass is 206 g/mol. The van der Waals surface area contributed by atoms with E-state index >= 15 is 0 Å². The first-order chi connectivity index (χ1) is 6.74. The van der Waals surface area contributed by atoms with Gasteiger partial charge >= 0.3 is 6.16 Å². The Kier molecular flexibility index (Phi) is 8.27. The summed E-state index contributed by atoms with van der Waals surface area (Å²) in [6.07, 6.45) is -1.11. The molecule has 0 fully saturated rings. The van der Waals surface area contributed by atoms with E-state index < -0.39 is 12.3 Å². The highest BCUT2D eigenvalue weighted by Crippen LogP contribution is 1.97. The molecular weight excluding hydrogens is 188 g/mol. The molecule has 0 aromatic heterocycles. The molecule has 0 radical (unpaired) electrons. The van der Waals surface area contributed by atoms with E-state index in [1.807, 2.05) is 13.8 Å². The molecule has 0 spiro atoms. The van der Waals surface area contributed by atoms with Crippen molar-refractivity contribution >= 4 is 6.16 Å². The van der Waals surface area contributed by atoms with Crippen molar-refractivity contribution in [2.45, 2.75) is 20.0 Å². The van der Waals surface area contributed by atoms with Gasteiger partial charge < -0.3 is 18.9 Å². The third-order valence-electron chi connectivity index (χ3n) is 1.45. The number of carbonyl (C=O) groups is 1. The number of rotatable bonds is 7. The van der Waals surface area contributed by atoms with Crippen molar-refractivity contribution in [2.75, 3.05) is 33.5 Å². The van der Waals surface area contributed by atoms with E-state index in [4.69, 9.17) is 14.2 Å². The Morgan fingerprint density at radius 2 is 1.64 bits per heavy atom. The molecule has 84 valence electrons. The van der Waals surface area contributed by atoms with Crippen LogP contribution in [0.15, 0.2) is 0 Å². The van der Waals surface area contributed by atoms with Crippen LogP contribution in [0.1, 0.15) is 13.8 Å². The predicted molar refractivity (Wildman–Crippen MR) is 50.3 cm³/mol. The Morgan fingerprint density at radius 3 is 2.00 bits per heavy atom. The molecule has 0 unspecified atom stereocenters. The lowest BCUT2D eigenvalue weighted by Crippen LogP contribution is -2.28. The van der Waals surface area contributed by atoms with Gasteiger partial charge in [0.15, 0.2) is 6.10 Å². The van der Waals surface area contributed by atoms with Crippen molar-refractivity contribution in [2.24, 2.45) is 0 Å². The number of hydrogen-bond donors (Lipinski definition) is 0. The summed E-state index contributed by atoms with van der Waals surface area (Å²) in [6, 6.07) is 0. The minimum atomic E-state index is -0.714. The van der Waals surface area contributed by atoms with Crippen molar-refractivity contribution in [3.05, 3.63) is 0 Å². The van der Waals surface area contributed by atoms with Crippen LogP contribution >= 0.6 is 0 Å². The lowest BCUT2D eigenvalue weighted by atomic mass is 10.4. The van der Waals surface area contributed by atoms with E-state index in [2.05, 4.69) is 4.74 Å². The standard InChI is InChI=1S/C9H18O5/c1-4-12-6-8(7-13-5-2)14-9(10)11-3/h8H,4-7H2,1-3H3. The van der Waals surface area contributed by atoms with Crippen molar-refractivity contribution in [1.82, 2.24) is 0 Å². The second kappa shape index (κ2) is 8.77. The fraction of sp³-hybridized carbons (Fsp3) is 0.889. The lowest BCUT2D eigenvalue weighted by molar-refractivity contribution is -0.0434. The van der Waals surface area contributed by atoms with Crippen LogP contribution in [-0.2, 0) is 18.9 Å². The zero-order valence-corrected chi connectivity index (χ0v) is 8.95. The first-order valence-electron chi connectivity index (χ1n) is 4.64. The molecule has 5 heteroatoms. The van der Waals surface area contributed by atoms with Gasteiger partial charge in [-0.2, -0.15) is 0 Å². The van der Waals surface area contributed by atoms with Crippen LogP contribution in [0.25, 0.3) is 0 Å². The van der Waals surface area contributed by atoms with Gasteiger partial charge in [-0.15, -0.1) is 0 Å². The van der Waals surface area contributed by atoms with Gasteiger partial charge in [-0.3, -0.25) is 0 Å². The normalized spacial score (nSPS) is 10.3. The molecular formula is C9H18O5. The van der Waals surface area contributed by atoms with Crippen LogP contribution in [0.5, 0.6) is 0 Å². The van der Waals surface area contributed by atoms with E-state index in [0.717, 1.165) is 0 Å². The third kappa shape index (κ3) is 6.68. The minimum Gasteiger partial charge on any atom is -0.438 e. The smallest absolute Gasteiger partial charge is 0.438 e. The maximum absolute atomic E-state index is 10.8. The molecule has 5 nitrogen and oxygen atoms in total. The quantitative estimate of drug-likeness (QED) is 0.586. The Balaban J connectivity index is 3.77. The lowest BCUT2D eigenvalue weighted by Gasteiger charge is -2.16. The molecule has 0 heterocycles. The molecule has 0 N–H and O–H groups in total. The number of hydrogen-bond acceptors (Lipinski definition) is 5. The molecule has 14 heavy (non-hydrogen) atoms. The number of ether oxygens (including phenoxy) is 4. The van der Waals surface area contributed by atoms with Crippen molar-refractivity contribution in [1.29, 1.82) is 0 Å². The molecule has 0 aliphatic rings. The molecule has 0 aromatic rings. The Bertz CT molecular complexity index is 140. The fourth-order valence-corrected chi connectivity index (χ4v) is 0.799. The SMILES string of the molecule is CCOCC(COCC)OC(=O)OC. The van der Waals surface area contributed by atoms with E-state index in [-0.39, 0.29) is 0 Å². The molecule has 0 aliphatic heterocycles. The molecule has 0 aliphatic carbocycles. The van der Waals surface area contributed by atoms with Gasteiger partial charge in [0, 0.05) is 13.2 Å². The Morgan fingerprint density at radius 1 is 1.14 bits per heavy atom. The molecule has 0 saturated heterocycles. The zero-order valence-electron chi connectivity index (χ0n) is 8.95. The second-order valence-corrected chi connectivity index (χ2v) is 2.51. The molecule has 0 aromatic carbocycles. The second-order valence-electron chi connectivity index (χ2n) is 2.51. The van der Waals surface area contributed by atoms with Crippen molar-refractivity contribution in [3.8, 4) is 0 Å². The fourth-order valence-electron chi connectivity index (χ4n) is 0.799. The van der Waals surface area contributed by atoms with Crippen LogP contribution in [0.3, 0.4) is 0 Å². The van der Waals surface area contributed by atoms with Gasteiger partial charge in [0.2, 0.25) is 0 Å². The highest BCUT2D eigenvalue weighted by Gasteiger charge is 2.14. The summed E-state index contributed by atoms with van der Waals surface area (Å²) in [5, 5.41) is 0. The molecule has 0 amide bonds. The summed E-state index contributed by atoms with van der Waals surface area (Å²) in [5.74, 6) is 0. The summed E-state index contributed by atoms with van der Waals surface area (Å²) in [6.45, 7) is 5.54. The summed E-state index contributed by atoms with van der Waals surface area (Å²) in [7, 11) is 1.26. The van der Waals surface area contributed by atoms with Gasteiger partial charge in [0.05, 0.1) is 20.3 Å². The van der Waals surface area contributed by atoms with Crippen LogP contribution in [0.2, 0.25) is 0 Å². The van der Waals surface area contributed by atoms with Crippen molar-refractivity contribution < 1.29 is 23.7 Å². The van der Waals surface area contributed by atoms with Gasteiger partial charge in [0.1, 0.15) is 0 Å². The van der Waals surface area contributed by atoms with E-state index in [0.29, 0.717) is 26.4 Å². The Labute approximate surface area is 84.3 Å². The maximum atomic E-state index is 10.8. The highest BCUT2D eigenvalue weighted by atomic mass is 16.7. The Hall–Kier alpha value is -0.810. The largest absolute Gasteiger partial charge is 0.508 e. The van der Waals surface area contributed by atoms with Crippen LogP contribution in [0, 0.1) is 0 Å². The predicted octanol–water partition coefficient (Wildman–Crippen LogP) is 1.21. The molecule has 0 saturated carbocycles.